The number of imide groups is 1. The van der Waals surface area contributed by atoms with Gasteiger partial charge in [-0.3, -0.25) is 14.5 Å². The Morgan fingerprint density at radius 2 is 1.79 bits per heavy atom. The zero-order valence-electron chi connectivity index (χ0n) is 16.0. The minimum atomic E-state index is -0.385. The van der Waals surface area contributed by atoms with Gasteiger partial charge in [0.1, 0.15) is 12.4 Å². The van der Waals surface area contributed by atoms with Crippen molar-refractivity contribution in [2.45, 2.75) is 6.54 Å². The summed E-state index contributed by atoms with van der Waals surface area (Å²) in [6.45, 7) is 0.929. The van der Waals surface area contributed by atoms with Crippen molar-refractivity contribution in [3.63, 3.8) is 0 Å². The van der Waals surface area contributed by atoms with Crippen LogP contribution in [0.15, 0.2) is 47.4 Å². The fraction of sp³-hybridized carbons (Fsp3) is 0.238. The van der Waals surface area contributed by atoms with Gasteiger partial charge in [0, 0.05) is 7.11 Å². The van der Waals surface area contributed by atoms with Crippen LogP contribution in [0.2, 0.25) is 0 Å². The number of thioether (sulfide) groups is 1. The molecule has 1 saturated heterocycles. The van der Waals surface area contributed by atoms with E-state index < -0.39 is 0 Å². The van der Waals surface area contributed by atoms with Crippen LogP contribution < -0.4 is 9.47 Å². The van der Waals surface area contributed by atoms with Crippen LogP contribution >= 0.6 is 11.8 Å². The largest absolute Gasteiger partial charge is 0.493 e. The van der Waals surface area contributed by atoms with Gasteiger partial charge in [0.05, 0.1) is 25.2 Å². The summed E-state index contributed by atoms with van der Waals surface area (Å²) in [5.41, 5.74) is 1.38. The van der Waals surface area contributed by atoms with Gasteiger partial charge in [0.15, 0.2) is 11.5 Å². The molecular formula is C21H20FNO5S. The SMILES string of the molecule is COCCOc1ccc(/C=C2\SC(=O)N(Cc3ccc(F)cc3)C2=O)cc1OC. The van der Waals surface area contributed by atoms with Gasteiger partial charge in [-0.05, 0) is 53.2 Å². The summed E-state index contributed by atoms with van der Waals surface area (Å²) in [7, 11) is 3.12. The molecule has 0 spiro atoms. The topological polar surface area (TPSA) is 65.1 Å². The molecule has 1 aliphatic heterocycles. The number of hydrogen-bond donors (Lipinski definition) is 0. The lowest BCUT2D eigenvalue weighted by molar-refractivity contribution is -0.123. The monoisotopic (exact) mass is 417 g/mol. The molecule has 0 aromatic heterocycles. The number of benzene rings is 2. The molecule has 2 amide bonds. The molecule has 2 aromatic rings. The predicted molar refractivity (Wildman–Crippen MR) is 108 cm³/mol. The Morgan fingerprint density at radius 1 is 1.03 bits per heavy atom. The van der Waals surface area contributed by atoms with Crippen molar-refractivity contribution >= 4 is 29.0 Å². The van der Waals surface area contributed by atoms with E-state index in [1.165, 1.54) is 19.2 Å². The van der Waals surface area contributed by atoms with Crippen LogP contribution in [0.3, 0.4) is 0 Å². The molecule has 8 heteroatoms. The Morgan fingerprint density at radius 3 is 2.48 bits per heavy atom. The van der Waals surface area contributed by atoms with Gasteiger partial charge >= 0.3 is 0 Å². The molecule has 3 rings (SSSR count). The van der Waals surface area contributed by atoms with Crippen LogP contribution in [-0.2, 0) is 16.1 Å². The van der Waals surface area contributed by atoms with Gasteiger partial charge in [-0.15, -0.1) is 0 Å². The van der Waals surface area contributed by atoms with Crippen molar-refractivity contribution in [2.24, 2.45) is 0 Å². The minimum absolute atomic E-state index is 0.0951. The molecule has 2 aromatic carbocycles. The van der Waals surface area contributed by atoms with Crippen LogP contribution in [-0.4, -0.2) is 43.5 Å². The molecular weight excluding hydrogens is 397 g/mol. The van der Waals surface area contributed by atoms with Crippen LogP contribution in [0.1, 0.15) is 11.1 Å². The maximum absolute atomic E-state index is 13.0. The van der Waals surface area contributed by atoms with Gasteiger partial charge < -0.3 is 14.2 Å². The number of hydrogen-bond acceptors (Lipinski definition) is 6. The minimum Gasteiger partial charge on any atom is -0.493 e. The third-order valence-electron chi connectivity index (χ3n) is 4.16. The summed E-state index contributed by atoms with van der Waals surface area (Å²) < 4.78 is 28.9. The molecule has 0 bridgehead atoms. The summed E-state index contributed by atoms with van der Waals surface area (Å²) in [5, 5.41) is -0.364. The first-order chi connectivity index (χ1) is 14.0. The number of ether oxygens (including phenoxy) is 3. The number of nitrogens with zero attached hydrogens (tertiary/aromatic N) is 1. The maximum Gasteiger partial charge on any atom is 0.293 e. The van der Waals surface area contributed by atoms with Crippen LogP contribution in [0.25, 0.3) is 6.08 Å². The highest BCUT2D eigenvalue weighted by atomic mass is 32.2. The highest BCUT2D eigenvalue weighted by molar-refractivity contribution is 8.18. The first-order valence-corrected chi connectivity index (χ1v) is 9.63. The molecule has 152 valence electrons. The Hall–Kier alpha value is -2.84. The van der Waals surface area contributed by atoms with Crippen molar-refractivity contribution in [3.8, 4) is 11.5 Å². The fourth-order valence-electron chi connectivity index (χ4n) is 2.69. The molecule has 0 N–H and O–H groups in total. The summed E-state index contributed by atoms with van der Waals surface area (Å²) in [5.74, 6) is 0.321. The second-order valence-corrected chi connectivity index (χ2v) is 7.14. The van der Waals surface area contributed by atoms with Crippen LogP contribution in [0.4, 0.5) is 9.18 Å². The highest BCUT2D eigenvalue weighted by Gasteiger charge is 2.35. The number of carbonyl (C=O) groups excluding carboxylic acids is 2. The van der Waals surface area contributed by atoms with Crippen LogP contribution in [0.5, 0.6) is 11.5 Å². The van der Waals surface area contributed by atoms with Crippen molar-refractivity contribution in [3.05, 3.63) is 64.3 Å². The standard InChI is InChI=1S/C21H20FNO5S/c1-26-9-10-28-17-8-5-15(11-18(17)27-2)12-19-20(24)23(21(25)29-19)13-14-3-6-16(22)7-4-14/h3-8,11-12H,9-10,13H2,1-2H3/b19-12-. The molecule has 0 saturated carbocycles. The molecule has 0 aliphatic carbocycles. The second kappa shape index (κ2) is 9.58. The molecule has 0 unspecified atom stereocenters. The Labute approximate surface area is 172 Å². The summed E-state index contributed by atoms with van der Waals surface area (Å²) in [4.78, 5) is 26.4. The number of carbonyl (C=O) groups is 2. The van der Waals surface area contributed by atoms with E-state index in [2.05, 4.69) is 0 Å². The fourth-order valence-corrected chi connectivity index (χ4v) is 3.53. The van der Waals surface area contributed by atoms with Gasteiger partial charge in [-0.25, -0.2) is 4.39 Å². The van der Waals surface area contributed by atoms with E-state index in [1.807, 2.05) is 0 Å². The summed E-state index contributed by atoms with van der Waals surface area (Å²) in [6.07, 6.45) is 1.64. The Bertz CT molecular complexity index is 929. The Balaban J connectivity index is 1.75. The van der Waals surface area contributed by atoms with Gasteiger partial charge in [0.25, 0.3) is 11.1 Å². The third kappa shape index (κ3) is 5.16. The smallest absolute Gasteiger partial charge is 0.293 e. The summed E-state index contributed by atoms with van der Waals surface area (Å²) >= 11 is 0.869. The molecule has 0 atom stereocenters. The predicted octanol–water partition coefficient (Wildman–Crippen LogP) is 4.10. The van der Waals surface area contributed by atoms with E-state index in [1.54, 1.807) is 43.5 Å². The molecule has 6 nitrogen and oxygen atoms in total. The Kier molecular flexibility index (Phi) is 6.90. The van der Waals surface area contributed by atoms with E-state index in [0.717, 1.165) is 16.7 Å². The first kappa shape index (κ1) is 20.9. The molecule has 1 aliphatic rings. The number of rotatable bonds is 8. The van der Waals surface area contributed by atoms with Crippen LogP contribution in [0, 0.1) is 5.82 Å². The number of halogens is 1. The van der Waals surface area contributed by atoms with Crippen molar-refractivity contribution in [1.29, 1.82) is 0 Å². The van der Waals surface area contributed by atoms with Gasteiger partial charge in [-0.2, -0.15) is 0 Å². The molecule has 0 radical (unpaired) electrons. The second-order valence-electron chi connectivity index (χ2n) is 6.15. The number of amides is 2. The highest BCUT2D eigenvalue weighted by Crippen LogP contribution is 2.35. The van der Waals surface area contributed by atoms with Gasteiger partial charge in [-0.1, -0.05) is 18.2 Å². The zero-order valence-corrected chi connectivity index (χ0v) is 16.8. The third-order valence-corrected chi connectivity index (χ3v) is 5.07. The normalized spacial score (nSPS) is 15.3. The van der Waals surface area contributed by atoms with E-state index in [4.69, 9.17) is 14.2 Å². The van der Waals surface area contributed by atoms with E-state index >= 15 is 0 Å². The quantitative estimate of drug-likeness (QED) is 0.476. The molecule has 1 heterocycles. The van der Waals surface area contributed by atoms with E-state index in [9.17, 15) is 14.0 Å². The number of methoxy groups -OCH3 is 2. The lowest BCUT2D eigenvalue weighted by Gasteiger charge is -2.12. The average molecular weight is 417 g/mol. The molecule has 29 heavy (non-hydrogen) atoms. The lowest BCUT2D eigenvalue weighted by Crippen LogP contribution is -2.27. The van der Waals surface area contributed by atoms with Crippen molar-refractivity contribution in [2.75, 3.05) is 27.4 Å². The first-order valence-electron chi connectivity index (χ1n) is 8.81. The van der Waals surface area contributed by atoms with E-state index in [0.29, 0.717) is 40.7 Å². The summed E-state index contributed by atoms with van der Waals surface area (Å²) in [6, 6.07) is 10.9. The van der Waals surface area contributed by atoms with E-state index in [-0.39, 0.29) is 23.5 Å². The average Bonchev–Trinajstić information content (AvgIpc) is 2.98. The van der Waals surface area contributed by atoms with Crippen molar-refractivity contribution in [1.82, 2.24) is 4.90 Å². The van der Waals surface area contributed by atoms with Gasteiger partial charge in [0.2, 0.25) is 0 Å². The zero-order chi connectivity index (χ0) is 20.8. The lowest BCUT2D eigenvalue weighted by atomic mass is 10.1. The maximum atomic E-state index is 13.0. The van der Waals surface area contributed by atoms with Crippen molar-refractivity contribution < 1.29 is 28.2 Å². The molecule has 1 fully saturated rings.